The molecule has 0 aliphatic heterocycles. The number of hydrogen-bond donors (Lipinski definition) is 2. The number of carbonyl (C=O) groups excluding carboxylic acids is 2. The molecule has 0 radical (unpaired) electrons. The Balaban J connectivity index is 1.98. The minimum Gasteiger partial charge on any atom is -0.490 e. The number of anilines is 2. The van der Waals surface area contributed by atoms with Crippen LogP contribution in [0.4, 0.5) is 11.4 Å². The minimum atomic E-state index is -0.748. The lowest BCUT2D eigenvalue weighted by Gasteiger charge is -2.13. The van der Waals surface area contributed by atoms with Gasteiger partial charge in [0.15, 0.2) is 11.5 Å². The Morgan fingerprint density at radius 1 is 0.786 bits per heavy atom. The number of rotatable bonds is 9. The smallest absolute Gasteiger partial charge is 0.314 e. The predicted octanol–water partition coefficient (Wildman–Crippen LogP) is 4.40. The summed E-state index contributed by atoms with van der Waals surface area (Å²) in [5.41, 5.74) is 2.26. The van der Waals surface area contributed by atoms with E-state index < -0.39 is 11.8 Å². The van der Waals surface area contributed by atoms with Gasteiger partial charge in [0.05, 0.1) is 13.2 Å². The standard InChI is InChI=1S/C22H28N2O4/c1-4-7-8-16-9-11-17(12-10-16)23-21(25)22(26)24-18-13-14-19(27-5-2)20(15-18)28-6-3/h9-15H,4-8H2,1-3H3,(H,23,25)(H,24,26). The Labute approximate surface area is 166 Å². The normalized spacial score (nSPS) is 10.2. The Morgan fingerprint density at radius 2 is 1.36 bits per heavy atom. The Bertz CT molecular complexity index is 788. The highest BCUT2D eigenvalue weighted by atomic mass is 16.5. The van der Waals surface area contributed by atoms with E-state index in [0.29, 0.717) is 36.1 Å². The van der Waals surface area contributed by atoms with Crippen LogP contribution in [0.25, 0.3) is 0 Å². The van der Waals surface area contributed by atoms with E-state index in [1.807, 2.05) is 26.0 Å². The van der Waals surface area contributed by atoms with Crippen molar-refractivity contribution in [3.05, 3.63) is 48.0 Å². The number of amides is 2. The number of aryl methyl sites for hydroxylation is 1. The van der Waals surface area contributed by atoms with Gasteiger partial charge in [0, 0.05) is 17.4 Å². The molecule has 0 unspecified atom stereocenters. The summed E-state index contributed by atoms with van der Waals surface area (Å²) in [6, 6.07) is 12.6. The van der Waals surface area contributed by atoms with Crippen molar-refractivity contribution in [3.8, 4) is 11.5 Å². The van der Waals surface area contributed by atoms with Gasteiger partial charge in [-0.05, 0) is 56.5 Å². The molecule has 0 heterocycles. The van der Waals surface area contributed by atoms with E-state index in [-0.39, 0.29) is 0 Å². The molecule has 0 bridgehead atoms. The van der Waals surface area contributed by atoms with Crippen molar-refractivity contribution in [2.75, 3.05) is 23.8 Å². The first-order chi connectivity index (χ1) is 13.6. The molecular formula is C22H28N2O4. The molecule has 0 saturated carbocycles. The third-order valence-corrected chi connectivity index (χ3v) is 4.04. The Morgan fingerprint density at radius 3 is 1.96 bits per heavy atom. The Kier molecular flexibility index (Phi) is 8.34. The third kappa shape index (κ3) is 6.30. The lowest BCUT2D eigenvalue weighted by atomic mass is 10.1. The lowest BCUT2D eigenvalue weighted by Crippen LogP contribution is -2.29. The van der Waals surface area contributed by atoms with E-state index in [4.69, 9.17) is 9.47 Å². The first-order valence-electron chi connectivity index (χ1n) is 9.68. The van der Waals surface area contributed by atoms with Crippen LogP contribution in [0.15, 0.2) is 42.5 Å². The average Bonchev–Trinajstić information content (AvgIpc) is 2.69. The summed E-state index contributed by atoms with van der Waals surface area (Å²) in [6.45, 7) is 6.86. The van der Waals surface area contributed by atoms with Crippen LogP contribution < -0.4 is 20.1 Å². The van der Waals surface area contributed by atoms with Gasteiger partial charge in [0.2, 0.25) is 0 Å². The van der Waals surface area contributed by atoms with Crippen LogP contribution >= 0.6 is 0 Å². The molecule has 0 aliphatic rings. The fourth-order valence-electron chi connectivity index (χ4n) is 2.64. The molecule has 0 atom stereocenters. The number of hydrogen-bond acceptors (Lipinski definition) is 4. The second kappa shape index (κ2) is 11.0. The summed E-state index contributed by atoms with van der Waals surface area (Å²) in [5, 5.41) is 5.19. The second-order valence-corrected chi connectivity index (χ2v) is 6.24. The largest absolute Gasteiger partial charge is 0.490 e. The molecule has 0 fully saturated rings. The number of nitrogens with one attached hydrogen (secondary N) is 2. The summed E-state index contributed by atoms with van der Waals surface area (Å²) in [4.78, 5) is 24.4. The SMILES string of the molecule is CCCCc1ccc(NC(=O)C(=O)Nc2ccc(OCC)c(OCC)c2)cc1. The van der Waals surface area contributed by atoms with Gasteiger partial charge in [0.1, 0.15) is 0 Å². The van der Waals surface area contributed by atoms with Gasteiger partial charge in [0.25, 0.3) is 0 Å². The van der Waals surface area contributed by atoms with Crippen molar-refractivity contribution in [2.24, 2.45) is 0 Å². The molecule has 150 valence electrons. The minimum absolute atomic E-state index is 0.460. The molecule has 28 heavy (non-hydrogen) atoms. The van der Waals surface area contributed by atoms with Crippen LogP contribution in [0.3, 0.4) is 0 Å². The zero-order valence-electron chi connectivity index (χ0n) is 16.7. The quantitative estimate of drug-likeness (QED) is 0.628. The summed E-state index contributed by atoms with van der Waals surface area (Å²) >= 11 is 0. The van der Waals surface area contributed by atoms with E-state index in [1.165, 1.54) is 5.56 Å². The molecule has 0 saturated heterocycles. The van der Waals surface area contributed by atoms with Crippen molar-refractivity contribution in [3.63, 3.8) is 0 Å². The average molecular weight is 384 g/mol. The number of benzene rings is 2. The molecule has 6 heteroatoms. The van der Waals surface area contributed by atoms with E-state index in [2.05, 4.69) is 17.6 Å². The van der Waals surface area contributed by atoms with E-state index in [0.717, 1.165) is 19.3 Å². The molecule has 2 aromatic carbocycles. The van der Waals surface area contributed by atoms with Crippen LogP contribution in [-0.4, -0.2) is 25.0 Å². The van der Waals surface area contributed by atoms with Crippen LogP contribution in [0, 0.1) is 0 Å². The third-order valence-electron chi connectivity index (χ3n) is 4.04. The predicted molar refractivity (Wildman–Crippen MR) is 111 cm³/mol. The molecule has 0 aromatic heterocycles. The maximum absolute atomic E-state index is 12.2. The highest BCUT2D eigenvalue weighted by Gasteiger charge is 2.15. The van der Waals surface area contributed by atoms with Gasteiger partial charge in [-0.1, -0.05) is 25.5 Å². The van der Waals surface area contributed by atoms with Crippen molar-refractivity contribution in [1.82, 2.24) is 0 Å². The highest BCUT2D eigenvalue weighted by Crippen LogP contribution is 2.30. The van der Waals surface area contributed by atoms with Gasteiger partial charge in [-0.3, -0.25) is 9.59 Å². The van der Waals surface area contributed by atoms with Gasteiger partial charge >= 0.3 is 11.8 Å². The molecule has 6 nitrogen and oxygen atoms in total. The van der Waals surface area contributed by atoms with Crippen LogP contribution in [0.1, 0.15) is 39.2 Å². The van der Waals surface area contributed by atoms with E-state index in [9.17, 15) is 9.59 Å². The highest BCUT2D eigenvalue weighted by molar-refractivity contribution is 6.43. The second-order valence-electron chi connectivity index (χ2n) is 6.24. The van der Waals surface area contributed by atoms with Crippen molar-refractivity contribution in [2.45, 2.75) is 40.0 Å². The monoisotopic (exact) mass is 384 g/mol. The molecule has 0 aliphatic carbocycles. The Hall–Kier alpha value is -3.02. The maximum atomic E-state index is 12.2. The zero-order chi connectivity index (χ0) is 20.4. The van der Waals surface area contributed by atoms with Crippen LogP contribution in [0.2, 0.25) is 0 Å². The van der Waals surface area contributed by atoms with Gasteiger partial charge in [-0.25, -0.2) is 0 Å². The fourth-order valence-corrected chi connectivity index (χ4v) is 2.64. The summed E-state index contributed by atoms with van der Waals surface area (Å²) in [7, 11) is 0. The molecule has 0 spiro atoms. The first-order valence-corrected chi connectivity index (χ1v) is 9.68. The fraction of sp³-hybridized carbons (Fsp3) is 0.364. The van der Waals surface area contributed by atoms with Crippen molar-refractivity contribution >= 4 is 23.2 Å². The van der Waals surface area contributed by atoms with Gasteiger partial charge in [-0.15, -0.1) is 0 Å². The molecule has 2 rings (SSSR count). The number of carbonyl (C=O) groups is 2. The summed E-state index contributed by atoms with van der Waals surface area (Å²) < 4.78 is 11.0. The van der Waals surface area contributed by atoms with Crippen LogP contribution in [0.5, 0.6) is 11.5 Å². The van der Waals surface area contributed by atoms with E-state index >= 15 is 0 Å². The van der Waals surface area contributed by atoms with Gasteiger partial charge in [-0.2, -0.15) is 0 Å². The topological polar surface area (TPSA) is 76.7 Å². The maximum Gasteiger partial charge on any atom is 0.314 e. The van der Waals surface area contributed by atoms with Crippen LogP contribution in [-0.2, 0) is 16.0 Å². The first kappa shape index (κ1) is 21.3. The lowest BCUT2D eigenvalue weighted by molar-refractivity contribution is -0.132. The summed E-state index contributed by atoms with van der Waals surface area (Å²) in [5.74, 6) is -0.366. The number of unbranched alkanes of at least 4 members (excludes halogenated alkanes) is 1. The molecule has 2 amide bonds. The molecular weight excluding hydrogens is 356 g/mol. The van der Waals surface area contributed by atoms with E-state index in [1.54, 1.807) is 30.3 Å². The molecule has 2 aromatic rings. The van der Waals surface area contributed by atoms with Gasteiger partial charge < -0.3 is 20.1 Å². The summed E-state index contributed by atoms with van der Waals surface area (Å²) in [6.07, 6.45) is 3.26. The van der Waals surface area contributed by atoms with Crippen molar-refractivity contribution < 1.29 is 19.1 Å². The van der Waals surface area contributed by atoms with Crippen molar-refractivity contribution in [1.29, 1.82) is 0 Å². The number of ether oxygens (including phenoxy) is 2. The molecule has 2 N–H and O–H groups in total. The zero-order valence-corrected chi connectivity index (χ0v) is 16.7.